The van der Waals surface area contributed by atoms with Crippen LogP contribution in [0.3, 0.4) is 0 Å². The van der Waals surface area contributed by atoms with Crippen LogP contribution in [-0.4, -0.2) is 15.8 Å². The summed E-state index contributed by atoms with van der Waals surface area (Å²) in [6, 6.07) is 14.4. The second-order valence-electron chi connectivity index (χ2n) is 5.03. The van der Waals surface area contributed by atoms with Gasteiger partial charge in [-0.2, -0.15) is 0 Å². The van der Waals surface area contributed by atoms with Crippen LogP contribution in [0.15, 0.2) is 59.4 Å². The molecule has 1 heterocycles. The Bertz CT molecular complexity index is 922. The number of para-hydroxylation sites is 1. The SMILES string of the molecule is Cc1ccc(C(=O)/C=C/c2nc3ccccc3c(=O)[nH]2)cc1. The standard InChI is InChI=1S/C18H14N2O2/c1-12-6-8-13(9-7-12)16(21)10-11-17-19-15-5-3-2-4-14(15)18(22)20-17/h2-11H,1H3,(H,19,20,22)/b11-10+. The molecule has 0 saturated carbocycles. The number of carbonyl (C=O) groups excluding carboxylic acids is 1. The van der Waals surface area contributed by atoms with E-state index in [1.165, 1.54) is 12.2 Å². The van der Waals surface area contributed by atoms with E-state index >= 15 is 0 Å². The predicted octanol–water partition coefficient (Wildman–Crippen LogP) is 3.13. The number of allylic oxidation sites excluding steroid dienone is 1. The Morgan fingerprint density at radius 3 is 2.59 bits per heavy atom. The van der Waals surface area contributed by atoms with Crippen molar-refractivity contribution in [3.8, 4) is 0 Å². The first-order chi connectivity index (χ1) is 10.6. The number of carbonyl (C=O) groups is 1. The third-order valence-electron chi connectivity index (χ3n) is 3.36. The molecule has 0 fully saturated rings. The number of aromatic nitrogens is 2. The maximum atomic E-state index is 12.1. The van der Waals surface area contributed by atoms with E-state index in [4.69, 9.17) is 0 Å². The lowest BCUT2D eigenvalue weighted by Gasteiger charge is -1.99. The van der Waals surface area contributed by atoms with Gasteiger partial charge in [-0.1, -0.05) is 42.0 Å². The predicted molar refractivity (Wildman–Crippen MR) is 86.9 cm³/mol. The van der Waals surface area contributed by atoms with Crippen molar-refractivity contribution in [2.45, 2.75) is 6.92 Å². The summed E-state index contributed by atoms with van der Waals surface area (Å²) in [5.74, 6) is 0.236. The van der Waals surface area contributed by atoms with Gasteiger partial charge in [0.15, 0.2) is 5.78 Å². The van der Waals surface area contributed by atoms with Gasteiger partial charge in [0.1, 0.15) is 5.82 Å². The molecule has 0 aliphatic rings. The van der Waals surface area contributed by atoms with Crippen molar-refractivity contribution in [2.24, 2.45) is 0 Å². The number of fused-ring (bicyclic) bond motifs is 1. The second-order valence-corrected chi connectivity index (χ2v) is 5.03. The van der Waals surface area contributed by atoms with Crippen LogP contribution in [0.4, 0.5) is 0 Å². The summed E-state index contributed by atoms with van der Waals surface area (Å²) in [5, 5.41) is 0.532. The van der Waals surface area contributed by atoms with Crippen LogP contribution in [0, 0.1) is 6.92 Å². The van der Waals surface area contributed by atoms with Crippen molar-refractivity contribution < 1.29 is 4.79 Å². The zero-order valence-electron chi connectivity index (χ0n) is 12.0. The molecule has 3 rings (SSSR count). The fourth-order valence-electron chi connectivity index (χ4n) is 2.15. The van der Waals surface area contributed by atoms with Crippen molar-refractivity contribution in [2.75, 3.05) is 0 Å². The van der Waals surface area contributed by atoms with E-state index in [9.17, 15) is 9.59 Å². The molecule has 3 aromatic rings. The maximum Gasteiger partial charge on any atom is 0.259 e. The molecule has 0 amide bonds. The summed E-state index contributed by atoms with van der Waals surface area (Å²) in [7, 11) is 0. The zero-order valence-corrected chi connectivity index (χ0v) is 12.0. The molecule has 0 atom stereocenters. The smallest absolute Gasteiger partial charge is 0.259 e. The molecule has 0 spiro atoms. The lowest BCUT2D eigenvalue weighted by Crippen LogP contribution is -2.09. The van der Waals surface area contributed by atoms with Crippen LogP contribution in [0.5, 0.6) is 0 Å². The zero-order chi connectivity index (χ0) is 15.5. The molecule has 1 aromatic heterocycles. The molecule has 22 heavy (non-hydrogen) atoms. The first-order valence-electron chi connectivity index (χ1n) is 6.91. The minimum atomic E-state index is -0.215. The Morgan fingerprint density at radius 2 is 1.82 bits per heavy atom. The van der Waals surface area contributed by atoms with Gasteiger partial charge < -0.3 is 4.98 Å². The number of benzene rings is 2. The first kappa shape index (κ1) is 13.9. The quantitative estimate of drug-likeness (QED) is 0.595. The van der Waals surface area contributed by atoms with Crippen molar-refractivity contribution in [3.05, 3.63) is 81.9 Å². The summed E-state index contributed by atoms with van der Waals surface area (Å²) >= 11 is 0. The fourth-order valence-corrected chi connectivity index (χ4v) is 2.15. The molecule has 0 aliphatic heterocycles. The second kappa shape index (κ2) is 5.77. The molecular formula is C18H14N2O2. The van der Waals surface area contributed by atoms with Crippen LogP contribution >= 0.6 is 0 Å². The molecule has 1 N–H and O–H groups in total. The Morgan fingerprint density at radius 1 is 1.09 bits per heavy atom. The average molecular weight is 290 g/mol. The number of aryl methyl sites for hydroxylation is 1. The third kappa shape index (κ3) is 2.86. The maximum absolute atomic E-state index is 12.1. The molecule has 0 saturated heterocycles. The summed E-state index contributed by atoms with van der Waals surface area (Å²) in [5.41, 5.74) is 2.09. The Kier molecular flexibility index (Phi) is 3.66. The number of hydrogen-bond acceptors (Lipinski definition) is 3. The third-order valence-corrected chi connectivity index (χ3v) is 3.36. The summed E-state index contributed by atoms with van der Waals surface area (Å²) in [6.07, 6.45) is 2.94. The number of ketones is 1. The van der Waals surface area contributed by atoms with Crippen LogP contribution in [-0.2, 0) is 0 Å². The van der Waals surface area contributed by atoms with Gasteiger partial charge >= 0.3 is 0 Å². The molecule has 2 aromatic carbocycles. The number of hydrogen-bond donors (Lipinski definition) is 1. The van der Waals surface area contributed by atoms with Gasteiger partial charge in [-0.15, -0.1) is 0 Å². The van der Waals surface area contributed by atoms with Gasteiger partial charge in [0.25, 0.3) is 5.56 Å². The van der Waals surface area contributed by atoms with E-state index in [2.05, 4.69) is 9.97 Å². The van der Waals surface area contributed by atoms with Crippen molar-refractivity contribution in [3.63, 3.8) is 0 Å². The molecule has 0 radical (unpaired) electrons. The Labute approximate surface area is 127 Å². The molecule has 0 bridgehead atoms. The normalized spacial score (nSPS) is 11.1. The lowest BCUT2D eigenvalue weighted by molar-refractivity contribution is 0.104. The van der Waals surface area contributed by atoms with Crippen LogP contribution in [0.2, 0.25) is 0 Å². The number of rotatable bonds is 3. The molecule has 4 nitrogen and oxygen atoms in total. The molecule has 0 aliphatic carbocycles. The van der Waals surface area contributed by atoms with Crippen molar-refractivity contribution in [1.82, 2.24) is 9.97 Å². The number of nitrogens with zero attached hydrogens (tertiary/aromatic N) is 1. The number of nitrogens with one attached hydrogen (secondary N) is 1. The van der Waals surface area contributed by atoms with Crippen LogP contribution in [0.1, 0.15) is 21.7 Å². The highest BCUT2D eigenvalue weighted by Gasteiger charge is 2.03. The minimum Gasteiger partial charge on any atom is -0.306 e. The van der Waals surface area contributed by atoms with Crippen LogP contribution < -0.4 is 5.56 Å². The largest absolute Gasteiger partial charge is 0.306 e. The van der Waals surface area contributed by atoms with Crippen LogP contribution in [0.25, 0.3) is 17.0 Å². The molecule has 4 heteroatoms. The first-order valence-corrected chi connectivity index (χ1v) is 6.91. The van der Waals surface area contributed by atoms with Crippen molar-refractivity contribution in [1.29, 1.82) is 0 Å². The van der Waals surface area contributed by atoms with E-state index in [1.807, 2.05) is 25.1 Å². The van der Waals surface area contributed by atoms with E-state index in [0.29, 0.717) is 22.3 Å². The van der Waals surface area contributed by atoms with E-state index in [-0.39, 0.29) is 11.3 Å². The highest BCUT2D eigenvalue weighted by Crippen LogP contribution is 2.08. The topological polar surface area (TPSA) is 62.8 Å². The monoisotopic (exact) mass is 290 g/mol. The van der Waals surface area contributed by atoms with Gasteiger partial charge in [0.2, 0.25) is 0 Å². The van der Waals surface area contributed by atoms with Gasteiger partial charge in [0.05, 0.1) is 10.9 Å². The summed E-state index contributed by atoms with van der Waals surface area (Å²) in [4.78, 5) is 31.0. The Balaban J connectivity index is 1.90. The molecule has 0 unspecified atom stereocenters. The average Bonchev–Trinajstić information content (AvgIpc) is 2.53. The minimum absolute atomic E-state index is 0.129. The fraction of sp³-hybridized carbons (Fsp3) is 0.0556. The van der Waals surface area contributed by atoms with Gasteiger partial charge in [0, 0.05) is 5.56 Å². The highest BCUT2D eigenvalue weighted by atomic mass is 16.1. The molecular weight excluding hydrogens is 276 g/mol. The Hall–Kier alpha value is -3.01. The van der Waals surface area contributed by atoms with Gasteiger partial charge in [-0.3, -0.25) is 9.59 Å². The number of H-pyrrole nitrogens is 1. The van der Waals surface area contributed by atoms with Gasteiger partial charge in [-0.05, 0) is 31.2 Å². The van der Waals surface area contributed by atoms with E-state index in [1.54, 1.807) is 30.3 Å². The molecule has 108 valence electrons. The van der Waals surface area contributed by atoms with E-state index in [0.717, 1.165) is 5.56 Å². The number of aromatic amines is 1. The van der Waals surface area contributed by atoms with Crippen molar-refractivity contribution >= 4 is 22.8 Å². The lowest BCUT2D eigenvalue weighted by atomic mass is 10.1. The summed E-state index contributed by atoms with van der Waals surface area (Å²) < 4.78 is 0. The highest BCUT2D eigenvalue weighted by molar-refractivity contribution is 6.06. The van der Waals surface area contributed by atoms with E-state index < -0.39 is 0 Å². The van der Waals surface area contributed by atoms with Gasteiger partial charge in [-0.25, -0.2) is 4.98 Å². The summed E-state index contributed by atoms with van der Waals surface area (Å²) in [6.45, 7) is 1.97.